The van der Waals surface area contributed by atoms with Crippen LogP contribution in [-0.2, 0) is 85.1 Å². The van der Waals surface area contributed by atoms with E-state index in [2.05, 4.69) is 63.6 Å². The Morgan fingerprint density at radius 3 is 2.03 bits per heavy atom. The molecule has 8 atom stereocenters. The molecular formula is C74H92F2N13O12S2+. The zero-order chi connectivity index (χ0) is 74.0. The van der Waals surface area contributed by atoms with Gasteiger partial charge in [0.2, 0.25) is 53.2 Å². The number of aromatic amines is 2. The first-order valence-electron chi connectivity index (χ1n) is 34.5. The van der Waals surface area contributed by atoms with Crippen LogP contribution in [0.25, 0.3) is 16.5 Å². The third-order valence-corrected chi connectivity index (χ3v) is 20.6. The predicted octanol–water partition coefficient (Wildman–Crippen LogP) is 5.07. The molecule has 3 aliphatic rings. The molecule has 2 aliphatic heterocycles. The number of thioether (sulfide) groups is 2. The molecule has 0 unspecified atom stereocenters. The number of fused-ring (bicyclic) bond motifs is 5. The van der Waals surface area contributed by atoms with Gasteiger partial charge in [-0.3, -0.25) is 47.9 Å². The van der Waals surface area contributed by atoms with Crippen LogP contribution in [0.2, 0.25) is 0 Å². The Kier molecular flexibility index (Phi) is 27.1. The fourth-order valence-corrected chi connectivity index (χ4v) is 14.6. The van der Waals surface area contributed by atoms with Gasteiger partial charge in [0.05, 0.1) is 47.5 Å². The van der Waals surface area contributed by atoms with Crippen LogP contribution in [0.3, 0.4) is 0 Å². The Balaban J connectivity index is 1.05. The van der Waals surface area contributed by atoms with E-state index in [0.29, 0.717) is 98.6 Å². The van der Waals surface area contributed by atoms with Crippen molar-refractivity contribution in [3.05, 3.63) is 160 Å². The van der Waals surface area contributed by atoms with Crippen LogP contribution in [0.4, 0.5) is 8.78 Å². The van der Waals surface area contributed by atoms with E-state index in [1.54, 1.807) is 66.9 Å². The number of quaternary nitrogens is 1. The smallest absolute Gasteiger partial charge is 0.305 e. The molecule has 4 aromatic carbocycles. The van der Waals surface area contributed by atoms with Crippen LogP contribution in [0, 0.1) is 11.6 Å². The quantitative estimate of drug-likeness (QED) is 0.0445. The lowest BCUT2D eigenvalue weighted by molar-refractivity contribution is -0.870. The molecule has 0 spiro atoms. The Labute approximate surface area is 605 Å². The number of carbonyl (C=O) groups is 10. The van der Waals surface area contributed by atoms with Gasteiger partial charge in [0.25, 0.3) is 0 Å². The summed E-state index contributed by atoms with van der Waals surface area (Å²) in [5, 5.41) is 32.7. The van der Waals surface area contributed by atoms with E-state index in [0.717, 1.165) is 23.2 Å². The lowest BCUT2D eigenvalue weighted by atomic mass is 9.95. The number of methoxy groups -OCH3 is 1. The molecule has 29 heteroatoms. The van der Waals surface area contributed by atoms with E-state index in [4.69, 9.17) is 4.74 Å². The summed E-state index contributed by atoms with van der Waals surface area (Å²) >= 11 is 3.15. The van der Waals surface area contributed by atoms with Crippen LogP contribution in [0.15, 0.2) is 110 Å². The van der Waals surface area contributed by atoms with Crippen molar-refractivity contribution < 1.29 is 71.1 Å². The normalized spacial score (nSPS) is 23.1. The molecule has 550 valence electrons. The molecule has 4 heterocycles. The summed E-state index contributed by atoms with van der Waals surface area (Å²) in [6, 6.07) is 12.2. The number of halogens is 2. The minimum absolute atomic E-state index is 0.0763. The van der Waals surface area contributed by atoms with Crippen molar-refractivity contribution in [3.8, 4) is 5.75 Å². The molecule has 1 fully saturated rings. The number of nitrogens with one attached hydrogen (secondary N) is 10. The number of nitrogens with zero attached hydrogens (tertiary/aromatic N) is 3. The number of benzene rings is 4. The van der Waals surface area contributed by atoms with Gasteiger partial charge in [-0.05, 0) is 134 Å². The molecule has 2 bridgehead atoms. The monoisotopic (exact) mass is 1460 g/mol. The minimum Gasteiger partial charge on any atom is -0.497 e. The summed E-state index contributed by atoms with van der Waals surface area (Å²) in [5.74, 6) is -7.25. The molecule has 103 heavy (non-hydrogen) atoms. The molecule has 1 saturated heterocycles. The third kappa shape index (κ3) is 22.0. The van der Waals surface area contributed by atoms with Crippen molar-refractivity contribution in [1.29, 1.82) is 0 Å². The van der Waals surface area contributed by atoms with Gasteiger partial charge in [-0.15, -0.1) is 0 Å². The molecule has 0 saturated carbocycles. The summed E-state index contributed by atoms with van der Waals surface area (Å²) in [7, 11) is 7.62. The number of rotatable bonds is 16. The van der Waals surface area contributed by atoms with Gasteiger partial charge in [-0.25, -0.2) is 13.8 Å². The highest BCUT2D eigenvalue weighted by Crippen LogP contribution is 2.33. The number of hydrogen-bond donors (Lipinski definition) is 11. The van der Waals surface area contributed by atoms with Crippen molar-refractivity contribution in [1.82, 2.24) is 62.4 Å². The summed E-state index contributed by atoms with van der Waals surface area (Å²) in [6.45, 7) is 4.28. The first kappa shape index (κ1) is 77.5. The fourth-order valence-electron chi connectivity index (χ4n) is 12.9. The van der Waals surface area contributed by atoms with E-state index in [1.807, 2.05) is 39.3 Å². The van der Waals surface area contributed by atoms with E-state index in [-0.39, 0.29) is 56.7 Å². The Bertz CT molecular complexity index is 4080. The van der Waals surface area contributed by atoms with Crippen molar-refractivity contribution >= 4 is 99.1 Å². The number of carbonyl (C=O) groups excluding carboxylic acids is 9. The highest BCUT2D eigenvalue weighted by Gasteiger charge is 2.48. The molecular weight excluding hydrogens is 1370 g/mol. The van der Waals surface area contributed by atoms with Crippen molar-refractivity contribution in [3.63, 3.8) is 0 Å². The second-order valence-corrected chi connectivity index (χ2v) is 29.8. The maximum atomic E-state index is 15.3. The molecule has 1 aliphatic carbocycles. The summed E-state index contributed by atoms with van der Waals surface area (Å²) < 4.78 is 36.1. The Hall–Kier alpha value is -9.61. The second kappa shape index (κ2) is 36.0. The molecule has 0 radical (unpaired) electrons. The van der Waals surface area contributed by atoms with Gasteiger partial charge >= 0.3 is 5.97 Å². The van der Waals surface area contributed by atoms with Gasteiger partial charge in [0.15, 0.2) is 0 Å². The van der Waals surface area contributed by atoms with Crippen molar-refractivity contribution in [2.24, 2.45) is 0 Å². The van der Waals surface area contributed by atoms with Gasteiger partial charge in [-0.2, -0.15) is 23.5 Å². The number of allylic oxidation sites excluding steroid dienone is 1. The Morgan fingerprint density at radius 1 is 0.699 bits per heavy atom. The number of H-pyrrole nitrogens is 2. The number of carboxylic acid groups (broad SMARTS) is 1. The van der Waals surface area contributed by atoms with Crippen LogP contribution in [0.5, 0.6) is 5.75 Å². The lowest BCUT2D eigenvalue weighted by Crippen LogP contribution is -2.62. The predicted molar refractivity (Wildman–Crippen MR) is 388 cm³/mol. The van der Waals surface area contributed by atoms with Crippen LogP contribution in [-0.4, -0.2) is 196 Å². The largest absolute Gasteiger partial charge is 0.497 e. The molecule has 6 aromatic rings. The van der Waals surface area contributed by atoms with Gasteiger partial charge in [0, 0.05) is 97.2 Å². The first-order chi connectivity index (χ1) is 49.2. The first-order valence-corrected chi connectivity index (χ1v) is 36.8. The van der Waals surface area contributed by atoms with Gasteiger partial charge < -0.3 is 71.7 Å². The van der Waals surface area contributed by atoms with E-state index < -0.39 is 126 Å². The molecule has 2 aromatic heterocycles. The Morgan fingerprint density at radius 2 is 1.34 bits per heavy atom. The number of unbranched alkanes of at least 4 members (excludes halogenated alkanes) is 1. The number of imidazole rings is 1. The molecule has 25 nitrogen and oxygen atoms in total. The van der Waals surface area contributed by atoms with Gasteiger partial charge in [0.1, 0.15) is 65.2 Å². The average molecular weight is 1460 g/mol. The van der Waals surface area contributed by atoms with Crippen LogP contribution < -0.4 is 47.3 Å². The highest BCUT2D eigenvalue weighted by atomic mass is 32.2. The summed E-state index contributed by atoms with van der Waals surface area (Å²) in [6.07, 6.45) is 6.40. The number of amides is 9. The van der Waals surface area contributed by atoms with E-state index in [9.17, 15) is 38.3 Å². The van der Waals surface area contributed by atoms with Gasteiger partial charge in [-0.1, -0.05) is 48.5 Å². The number of hydrogen-bond acceptors (Lipinski definition) is 14. The molecule has 9 amide bonds. The van der Waals surface area contributed by atoms with E-state index in [1.165, 1.54) is 68.0 Å². The maximum Gasteiger partial charge on any atom is 0.305 e. The van der Waals surface area contributed by atoms with Crippen molar-refractivity contribution in [2.75, 3.05) is 59.4 Å². The van der Waals surface area contributed by atoms with Crippen molar-refractivity contribution in [2.45, 2.75) is 150 Å². The topological polar surface area (TPSA) is 344 Å². The number of aromatic nitrogens is 3. The minimum atomic E-state index is -1.99. The third-order valence-electron chi connectivity index (χ3n) is 18.6. The van der Waals surface area contributed by atoms with Crippen LogP contribution >= 0.6 is 23.5 Å². The zero-order valence-electron chi connectivity index (χ0n) is 58.7. The lowest BCUT2D eigenvalue weighted by Gasteiger charge is -2.36. The average Bonchev–Trinajstić information content (AvgIpc) is 1.68. The summed E-state index contributed by atoms with van der Waals surface area (Å²) in [4.78, 5) is 157. The fraction of sp³-hybridized carbons (Fsp3) is 0.446. The van der Waals surface area contributed by atoms with E-state index >= 15 is 23.6 Å². The van der Waals surface area contributed by atoms with Crippen LogP contribution in [0.1, 0.15) is 104 Å². The number of aliphatic carboxylic acids is 1. The SMILES string of the molecule is COc1ccc(C[C@@H]2NC(=O)[C@H](Cc3cnc[nH]3)NC(=O)[C@H](CC(=O)O)NC(=O)[C@H](Cc3c[nH]c4ccc(F)cc34)NC(=O)[C@H](CC3=CCc4ccc(F)cc43)NC(=O)[C@@H](C)NC(=O)[C@H](CCCC[N+](C)(C)C)NC(=O)CCSCc3cccc(c3)CSCCNC(=O)[C@]3(C)CCCN3C2=O)cc1. The highest BCUT2D eigenvalue weighted by molar-refractivity contribution is 7.98. The maximum absolute atomic E-state index is 15.3. The standard InChI is InChI=1S/C74H91F2N13O12S2/c1-44-66(93)83-59(33-49-17-16-48-18-19-51(75)35-55(48)49)68(95)84-60(34-50-39-79-57-23-20-52(76)36-56(50)57)69(96)86-62(38-65(91)92)71(98)85-61(37-53-40-77-43-80-53)70(97)87-63(32-45-14-21-54(101-6)22-15-45)72(99)88-27-10-25-74(88,2)73(100)78-26-30-103-42-47-12-9-11-46(31-47)41-102-29-24-64(90)82-58(67(94)81-44)13-7-8-28-89(3,4)5/h9,11-12,14-15,17-23,31,35-36,39-40,43-44,58-63,79H,7-8,10,13,16,24-30,32-34,37-38,41-42H2,1-6H3,(H9-,77,78,80,81,82,83,84,85,86,87,90,91,92,93,94,95,96,97,98,100)/p+1/t44-,58+,59+,60+,61+,62+,63+,74+/m1/s1. The zero-order valence-corrected chi connectivity index (χ0v) is 60.4. The number of ether oxygens (including phenoxy) is 1. The molecule has 11 N–H and O–H groups in total. The molecule has 9 rings (SSSR count). The second-order valence-electron chi connectivity index (χ2n) is 27.5. The number of carboxylic acids is 1. The summed E-state index contributed by atoms with van der Waals surface area (Å²) in [5.41, 5.74) is 3.98.